The molecule has 7 heteroatoms. The molecule has 0 atom stereocenters. The first kappa shape index (κ1) is 16.6. The Labute approximate surface area is 155 Å². The maximum atomic E-state index is 12.7. The number of carbonyl (C=O) groups excluding carboxylic acids is 1. The summed E-state index contributed by atoms with van der Waals surface area (Å²) >= 11 is 6.05. The van der Waals surface area contributed by atoms with Crippen molar-refractivity contribution in [1.29, 1.82) is 5.26 Å². The van der Waals surface area contributed by atoms with E-state index in [1.807, 2.05) is 35.1 Å². The number of nitrogens with one attached hydrogen (secondary N) is 1. The number of rotatable bonds is 3. The minimum absolute atomic E-state index is 0.0445. The highest BCUT2D eigenvalue weighted by Crippen LogP contribution is 2.37. The lowest BCUT2D eigenvalue weighted by molar-refractivity contribution is 0.102. The van der Waals surface area contributed by atoms with Crippen LogP contribution in [0.3, 0.4) is 0 Å². The average molecular weight is 366 g/mol. The molecule has 1 aromatic carbocycles. The molecule has 1 N–H and O–H groups in total. The molecule has 6 nitrogen and oxygen atoms in total. The number of halogens is 1. The summed E-state index contributed by atoms with van der Waals surface area (Å²) in [5.74, 6) is -0.353. The van der Waals surface area contributed by atoms with Crippen molar-refractivity contribution >= 4 is 34.1 Å². The van der Waals surface area contributed by atoms with E-state index in [9.17, 15) is 4.79 Å². The fourth-order valence-electron chi connectivity index (χ4n) is 3.02. The number of anilines is 1. The third kappa shape index (κ3) is 2.71. The van der Waals surface area contributed by atoms with E-state index in [2.05, 4.69) is 15.4 Å². The Hall–Kier alpha value is -2.91. The maximum Gasteiger partial charge on any atom is 0.274 e. The first-order valence-corrected chi connectivity index (χ1v) is 8.73. The summed E-state index contributed by atoms with van der Waals surface area (Å²) in [5.41, 5.74) is 3.51. The van der Waals surface area contributed by atoms with Crippen LogP contribution in [-0.4, -0.2) is 20.7 Å². The standard InChI is InChI=1S/C19H16ClN5O/c1-10-11(2)17(24-18(20)15(10)8-21)19(26)23-13-4-3-12-9-22-25(14-5-6-14)16(12)7-13/h3-4,7,9,14H,5-6H2,1-2H3,(H,23,26). The van der Waals surface area contributed by atoms with Gasteiger partial charge in [-0.15, -0.1) is 0 Å². The number of fused-ring (bicyclic) bond motifs is 1. The lowest BCUT2D eigenvalue weighted by Gasteiger charge is -2.11. The molecule has 2 heterocycles. The molecule has 4 rings (SSSR count). The Morgan fingerprint density at radius 2 is 2.12 bits per heavy atom. The molecule has 26 heavy (non-hydrogen) atoms. The number of hydrogen-bond acceptors (Lipinski definition) is 4. The Morgan fingerprint density at radius 1 is 1.35 bits per heavy atom. The van der Waals surface area contributed by atoms with E-state index in [0.717, 1.165) is 23.7 Å². The van der Waals surface area contributed by atoms with Gasteiger partial charge in [0.2, 0.25) is 0 Å². The van der Waals surface area contributed by atoms with Gasteiger partial charge < -0.3 is 5.32 Å². The molecule has 0 spiro atoms. The molecule has 0 radical (unpaired) electrons. The monoisotopic (exact) mass is 365 g/mol. The number of carbonyl (C=O) groups is 1. The third-order valence-corrected chi connectivity index (χ3v) is 5.06. The van der Waals surface area contributed by atoms with Gasteiger partial charge in [0.15, 0.2) is 0 Å². The summed E-state index contributed by atoms with van der Waals surface area (Å²) in [5, 5.41) is 17.6. The normalized spacial score (nSPS) is 13.6. The predicted octanol–water partition coefficient (Wildman–Crippen LogP) is 4.16. The number of benzene rings is 1. The van der Waals surface area contributed by atoms with Crippen molar-refractivity contribution in [3.8, 4) is 6.07 Å². The van der Waals surface area contributed by atoms with E-state index in [1.54, 1.807) is 13.8 Å². The highest BCUT2D eigenvalue weighted by atomic mass is 35.5. The number of nitriles is 1. The predicted molar refractivity (Wildman–Crippen MR) is 99.4 cm³/mol. The second-order valence-electron chi connectivity index (χ2n) is 6.54. The third-order valence-electron chi connectivity index (χ3n) is 4.78. The SMILES string of the molecule is Cc1c(C(=O)Nc2ccc3cnn(C4CC4)c3c2)nc(Cl)c(C#N)c1C. The first-order valence-electron chi connectivity index (χ1n) is 8.35. The van der Waals surface area contributed by atoms with E-state index >= 15 is 0 Å². The van der Waals surface area contributed by atoms with Crippen LogP contribution in [0, 0.1) is 25.2 Å². The van der Waals surface area contributed by atoms with Gasteiger partial charge in [0.05, 0.1) is 23.3 Å². The van der Waals surface area contributed by atoms with E-state index in [4.69, 9.17) is 16.9 Å². The molecule has 1 saturated carbocycles. The van der Waals surface area contributed by atoms with E-state index in [0.29, 0.717) is 28.4 Å². The minimum Gasteiger partial charge on any atom is -0.321 e. The quantitative estimate of drug-likeness (QED) is 0.706. The van der Waals surface area contributed by atoms with E-state index in [1.165, 1.54) is 0 Å². The largest absolute Gasteiger partial charge is 0.321 e. The minimum atomic E-state index is -0.353. The van der Waals surface area contributed by atoms with Crippen molar-refractivity contribution in [2.75, 3.05) is 5.32 Å². The molecular weight excluding hydrogens is 350 g/mol. The van der Waals surface area contributed by atoms with Gasteiger partial charge in [-0.25, -0.2) is 4.98 Å². The molecule has 0 unspecified atom stereocenters. The molecule has 2 aromatic heterocycles. The van der Waals surface area contributed by atoms with Gasteiger partial charge in [-0.2, -0.15) is 10.4 Å². The van der Waals surface area contributed by atoms with Crippen molar-refractivity contribution in [1.82, 2.24) is 14.8 Å². The topological polar surface area (TPSA) is 83.6 Å². The molecule has 0 bridgehead atoms. The number of hydrogen-bond donors (Lipinski definition) is 1. The number of aromatic nitrogens is 3. The van der Waals surface area contributed by atoms with Crippen molar-refractivity contribution < 1.29 is 4.79 Å². The van der Waals surface area contributed by atoms with Crippen molar-refractivity contribution in [3.63, 3.8) is 0 Å². The maximum absolute atomic E-state index is 12.7. The van der Waals surface area contributed by atoms with Crippen LogP contribution < -0.4 is 5.32 Å². The summed E-state index contributed by atoms with van der Waals surface area (Å²) in [7, 11) is 0. The van der Waals surface area contributed by atoms with Crippen LogP contribution in [0.5, 0.6) is 0 Å². The van der Waals surface area contributed by atoms with Crippen molar-refractivity contribution in [2.24, 2.45) is 0 Å². The zero-order chi connectivity index (χ0) is 18.4. The number of amides is 1. The number of pyridine rings is 1. The van der Waals surface area contributed by atoms with Gasteiger partial charge in [0.25, 0.3) is 5.91 Å². The molecule has 1 amide bonds. The fraction of sp³-hybridized carbons (Fsp3) is 0.263. The van der Waals surface area contributed by atoms with E-state index < -0.39 is 0 Å². The van der Waals surface area contributed by atoms with Crippen LogP contribution in [0.1, 0.15) is 46.1 Å². The van der Waals surface area contributed by atoms with Gasteiger partial charge in [-0.1, -0.05) is 11.6 Å². The van der Waals surface area contributed by atoms with Crippen LogP contribution in [0.4, 0.5) is 5.69 Å². The Morgan fingerprint density at radius 3 is 2.81 bits per heavy atom. The zero-order valence-corrected chi connectivity index (χ0v) is 15.1. The molecule has 0 saturated heterocycles. The lowest BCUT2D eigenvalue weighted by Crippen LogP contribution is -2.17. The lowest BCUT2D eigenvalue weighted by atomic mass is 10.0. The molecular formula is C19H16ClN5O. The molecule has 130 valence electrons. The molecule has 3 aromatic rings. The summed E-state index contributed by atoms with van der Waals surface area (Å²) < 4.78 is 2.01. The van der Waals surface area contributed by atoms with Crippen LogP contribution in [0.2, 0.25) is 5.15 Å². The fourth-order valence-corrected chi connectivity index (χ4v) is 3.29. The van der Waals surface area contributed by atoms with Crippen molar-refractivity contribution in [2.45, 2.75) is 32.7 Å². The van der Waals surface area contributed by atoms with Crippen LogP contribution in [-0.2, 0) is 0 Å². The summed E-state index contributed by atoms with van der Waals surface area (Å²) in [6.07, 6.45) is 4.12. The second-order valence-corrected chi connectivity index (χ2v) is 6.89. The number of nitrogens with zero attached hydrogens (tertiary/aromatic N) is 4. The Bertz CT molecular complexity index is 1090. The van der Waals surface area contributed by atoms with Gasteiger partial charge in [-0.3, -0.25) is 9.48 Å². The smallest absolute Gasteiger partial charge is 0.274 e. The average Bonchev–Trinajstić information content (AvgIpc) is 3.38. The molecule has 0 aliphatic heterocycles. The zero-order valence-electron chi connectivity index (χ0n) is 14.4. The molecule has 1 aliphatic rings. The summed E-state index contributed by atoms with van der Waals surface area (Å²) in [4.78, 5) is 16.8. The van der Waals surface area contributed by atoms with Crippen LogP contribution in [0.15, 0.2) is 24.4 Å². The first-order chi connectivity index (χ1) is 12.5. The second kappa shape index (κ2) is 6.11. The Balaban J connectivity index is 1.67. The summed E-state index contributed by atoms with van der Waals surface area (Å²) in [6, 6.07) is 8.19. The highest BCUT2D eigenvalue weighted by Gasteiger charge is 2.26. The van der Waals surface area contributed by atoms with Crippen LogP contribution >= 0.6 is 11.6 Å². The van der Waals surface area contributed by atoms with E-state index in [-0.39, 0.29) is 16.8 Å². The summed E-state index contributed by atoms with van der Waals surface area (Å²) in [6.45, 7) is 3.53. The molecule has 1 aliphatic carbocycles. The van der Waals surface area contributed by atoms with Crippen molar-refractivity contribution in [3.05, 3.63) is 51.9 Å². The van der Waals surface area contributed by atoms with Gasteiger partial charge in [0.1, 0.15) is 16.9 Å². The van der Waals surface area contributed by atoms with Gasteiger partial charge >= 0.3 is 0 Å². The Kier molecular flexibility index (Phi) is 3.89. The van der Waals surface area contributed by atoms with Crippen LogP contribution in [0.25, 0.3) is 10.9 Å². The highest BCUT2D eigenvalue weighted by molar-refractivity contribution is 6.31. The van der Waals surface area contributed by atoms with Gasteiger partial charge in [0, 0.05) is 11.1 Å². The molecule has 1 fully saturated rings. The van der Waals surface area contributed by atoms with Gasteiger partial charge in [-0.05, 0) is 56.0 Å².